The number of fused-ring (bicyclic) bond motifs is 1. The van der Waals surface area contributed by atoms with Gasteiger partial charge in [-0.3, -0.25) is 0 Å². The summed E-state index contributed by atoms with van der Waals surface area (Å²) in [6.45, 7) is 0.651. The van der Waals surface area contributed by atoms with Crippen molar-refractivity contribution in [2.24, 2.45) is 5.73 Å². The van der Waals surface area contributed by atoms with Crippen LogP contribution in [0.3, 0.4) is 0 Å². The highest BCUT2D eigenvalue weighted by atomic mass is 32.1. The van der Waals surface area contributed by atoms with Gasteiger partial charge in [-0.25, -0.2) is 0 Å². The van der Waals surface area contributed by atoms with E-state index in [9.17, 15) is 0 Å². The van der Waals surface area contributed by atoms with Gasteiger partial charge in [0.15, 0.2) is 5.82 Å². The van der Waals surface area contributed by atoms with Crippen molar-refractivity contribution in [3.8, 4) is 10.8 Å². The standard InChI is InChI=1S/C11H11N3OS2/c12-4-1-2-10-13-11(15-14-10)9-6-8-7(17-9)3-5-16-8/h3,5-6H,1-2,4,12H2. The summed E-state index contributed by atoms with van der Waals surface area (Å²) in [5, 5.41) is 6.04. The Hall–Kier alpha value is -1.24. The second kappa shape index (κ2) is 4.56. The Morgan fingerprint density at radius 1 is 1.35 bits per heavy atom. The molecular formula is C11H11N3OS2. The summed E-state index contributed by atoms with van der Waals surface area (Å²) in [4.78, 5) is 5.41. The molecule has 0 atom stereocenters. The lowest BCUT2D eigenvalue weighted by Crippen LogP contribution is -2.01. The molecule has 0 aromatic carbocycles. The molecule has 0 spiro atoms. The van der Waals surface area contributed by atoms with Crippen molar-refractivity contribution in [3.63, 3.8) is 0 Å². The third kappa shape index (κ3) is 2.11. The highest BCUT2D eigenvalue weighted by Crippen LogP contribution is 2.35. The predicted octanol–water partition coefficient (Wildman–Crippen LogP) is 2.90. The van der Waals surface area contributed by atoms with Crippen LogP contribution in [0, 0.1) is 0 Å². The SMILES string of the molecule is NCCCc1noc(-c2cc3sccc3s2)n1. The van der Waals surface area contributed by atoms with E-state index in [-0.39, 0.29) is 0 Å². The normalized spacial score (nSPS) is 11.4. The molecule has 0 unspecified atom stereocenters. The van der Waals surface area contributed by atoms with Crippen LogP contribution in [0.25, 0.3) is 20.2 Å². The van der Waals surface area contributed by atoms with Crippen LogP contribution in [0.2, 0.25) is 0 Å². The third-order valence-corrected chi connectivity index (χ3v) is 4.50. The Kier molecular flexibility index (Phi) is 2.92. The number of nitrogens with two attached hydrogens (primary N) is 1. The third-order valence-electron chi connectivity index (χ3n) is 2.42. The Bertz CT molecular complexity index is 597. The van der Waals surface area contributed by atoms with Gasteiger partial charge in [0.2, 0.25) is 0 Å². The molecule has 0 aliphatic carbocycles. The minimum absolute atomic E-state index is 0.616. The van der Waals surface area contributed by atoms with Gasteiger partial charge < -0.3 is 10.3 Å². The fourth-order valence-corrected chi connectivity index (χ4v) is 3.62. The van der Waals surface area contributed by atoms with E-state index >= 15 is 0 Å². The molecule has 88 valence electrons. The number of aromatic nitrogens is 2. The summed E-state index contributed by atoms with van der Waals surface area (Å²) >= 11 is 3.41. The van der Waals surface area contributed by atoms with Gasteiger partial charge in [-0.1, -0.05) is 5.16 Å². The molecule has 0 bridgehead atoms. The Labute approximate surface area is 106 Å². The number of hydrogen-bond acceptors (Lipinski definition) is 6. The first-order chi connectivity index (χ1) is 8.36. The molecule has 3 aromatic heterocycles. The molecule has 0 saturated carbocycles. The van der Waals surface area contributed by atoms with Crippen LogP contribution >= 0.6 is 22.7 Å². The van der Waals surface area contributed by atoms with Crippen LogP contribution in [-0.2, 0) is 6.42 Å². The molecule has 4 nitrogen and oxygen atoms in total. The maximum absolute atomic E-state index is 5.45. The molecule has 0 saturated heterocycles. The topological polar surface area (TPSA) is 64.9 Å². The lowest BCUT2D eigenvalue weighted by molar-refractivity contribution is 0.422. The smallest absolute Gasteiger partial charge is 0.268 e. The van der Waals surface area contributed by atoms with E-state index in [1.54, 1.807) is 22.7 Å². The van der Waals surface area contributed by atoms with Gasteiger partial charge >= 0.3 is 0 Å². The van der Waals surface area contributed by atoms with Gasteiger partial charge in [0.05, 0.1) is 4.88 Å². The first-order valence-corrected chi connectivity index (χ1v) is 7.06. The van der Waals surface area contributed by atoms with Gasteiger partial charge in [0.1, 0.15) is 0 Å². The molecule has 3 aromatic rings. The number of aryl methyl sites for hydroxylation is 1. The highest BCUT2D eigenvalue weighted by molar-refractivity contribution is 7.28. The average Bonchev–Trinajstić information content (AvgIpc) is 3.00. The van der Waals surface area contributed by atoms with Crippen LogP contribution in [0.15, 0.2) is 22.0 Å². The van der Waals surface area contributed by atoms with E-state index < -0.39 is 0 Å². The van der Waals surface area contributed by atoms with Crippen molar-refractivity contribution in [3.05, 3.63) is 23.3 Å². The molecule has 0 amide bonds. The Morgan fingerprint density at radius 3 is 3.12 bits per heavy atom. The number of rotatable bonds is 4. The van der Waals surface area contributed by atoms with Crippen LogP contribution in [0.4, 0.5) is 0 Å². The van der Waals surface area contributed by atoms with Crippen molar-refractivity contribution >= 4 is 32.1 Å². The van der Waals surface area contributed by atoms with Gasteiger partial charge in [0, 0.05) is 15.8 Å². The molecule has 3 rings (SSSR count). The van der Waals surface area contributed by atoms with Crippen LogP contribution in [-0.4, -0.2) is 16.7 Å². The lowest BCUT2D eigenvalue weighted by Gasteiger charge is -1.88. The van der Waals surface area contributed by atoms with E-state index in [0.717, 1.165) is 23.5 Å². The fourth-order valence-electron chi connectivity index (χ4n) is 1.59. The maximum Gasteiger partial charge on any atom is 0.268 e. The van der Waals surface area contributed by atoms with E-state index in [2.05, 4.69) is 27.7 Å². The summed E-state index contributed by atoms with van der Waals surface area (Å²) < 4.78 is 7.80. The van der Waals surface area contributed by atoms with Gasteiger partial charge in [-0.05, 0) is 30.5 Å². The second-order valence-corrected chi connectivity index (χ2v) is 5.70. The lowest BCUT2D eigenvalue weighted by atomic mass is 10.3. The van der Waals surface area contributed by atoms with Gasteiger partial charge in [0.25, 0.3) is 5.89 Å². The Balaban J connectivity index is 1.88. The molecule has 3 heterocycles. The molecule has 17 heavy (non-hydrogen) atoms. The van der Waals surface area contributed by atoms with Gasteiger partial charge in [-0.2, -0.15) is 4.98 Å². The molecule has 0 radical (unpaired) electrons. The zero-order valence-electron chi connectivity index (χ0n) is 9.05. The summed E-state index contributed by atoms with van der Waals surface area (Å²) in [5.41, 5.74) is 5.45. The first kappa shape index (κ1) is 10.9. The highest BCUT2D eigenvalue weighted by Gasteiger charge is 2.12. The maximum atomic E-state index is 5.45. The largest absolute Gasteiger partial charge is 0.333 e. The zero-order valence-corrected chi connectivity index (χ0v) is 10.7. The van der Waals surface area contributed by atoms with E-state index in [1.807, 2.05) is 0 Å². The first-order valence-electron chi connectivity index (χ1n) is 5.37. The average molecular weight is 265 g/mol. The molecule has 0 fully saturated rings. The molecule has 0 aliphatic heterocycles. The molecule has 6 heteroatoms. The van der Waals surface area contributed by atoms with E-state index in [4.69, 9.17) is 10.3 Å². The van der Waals surface area contributed by atoms with E-state index in [0.29, 0.717) is 12.4 Å². The van der Waals surface area contributed by atoms with Crippen LogP contribution in [0.5, 0.6) is 0 Å². The summed E-state index contributed by atoms with van der Waals surface area (Å²) in [5.74, 6) is 1.35. The number of nitrogens with zero attached hydrogens (tertiary/aromatic N) is 2. The van der Waals surface area contributed by atoms with Crippen molar-refractivity contribution in [1.82, 2.24) is 10.1 Å². The summed E-state index contributed by atoms with van der Waals surface area (Å²) in [6, 6.07) is 4.21. The van der Waals surface area contributed by atoms with Crippen molar-refractivity contribution < 1.29 is 4.52 Å². The van der Waals surface area contributed by atoms with Crippen molar-refractivity contribution in [2.45, 2.75) is 12.8 Å². The second-order valence-electron chi connectivity index (χ2n) is 3.67. The molecule has 2 N–H and O–H groups in total. The monoisotopic (exact) mass is 265 g/mol. The quantitative estimate of drug-likeness (QED) is 0.787. The fraction of sp³-hybridized carbons (Fsp3) is 0.273. The number of thiophene rings is 2. The summed E-state index contributed by atoms with van der Waals surface area (Å²) in [7, 11) is 0. The minimum atomic E-state index is 0.616. The predicted molar refractivity (Wildman–Crippen MR) is 70.4 cm³/mol. The molecule has 0 aliphatic rings. The van der Waals surface area contributed by atoms with Gasteiger partial charge in [-0.15, -0.1) is 22.7 Å². The van der Waals surface area contributed by atoms with Crippen molar-refractivity contribution in [1.29, 1.82) is 0 Å². The zero-order chi connectivity index (χ0) is 11.7. The minimum Gasteiger partial charge on any atom is -0.333 e. The van der Waals surface area contributed by atoms with Crippen LogP contribution < -0.4 is 5.73 Å². The van der Waals surface area contributed by atoms with Crippen molar-refractivity contribution in [2.75, 3.05) is 6.54 Å². The Morgan fingerprint density at radius 2 is 2.29 bits per heavy atom. The number of hydrogen-bond donors (Lipinski definition) is 1. The summed E-state index contributed by atoms with van der Waals surface area (Å²) in [6.07, 6.45) is 1.66. The molecular weight excluding hydrogens is 254 g/mol. The van der Waals surface area contributed by atoms with E-state index in [1.165, 1.54) is 9.40 Å². The van der Waals surface area contributed by atoms with Crippen LogP contribution in [0.1, 0.15) is 12.2 Å².